The number of hydrogen-bond acceptors (Lipinski definition) is 2. The predicted octanol–water partition coefficient (Wildman–Crippen LogP) is 4.62. The van der Waals surface area contributed by atoms with Crippen LogP contribution in [0.5, 0.6) is 0 Å². The van der Waals surface area contributed by atoms with Crippen LogP contribution in [-0.4, -0.2) is 16.1 Å². The van der Waals surface area contributed by atoms with Gasteiger partial charge in [0, 0.05) is 16.0 Å². The lowest BCUT2D eigenvalue weighted by atomic mass is 10.1. The smallest absolute Gasteiger partial charge is 0.250 e. The number of nitrogens with two attached hydrogens (primary N) is 1. The molecule has 2 unspecified atom stereocenters. The molecule has 0 heterocycles. The number of anilines is 1. The molecule has 0 aliphatic heterocycles. The van der Waals surface area contributed by atoms with E-state index in [1.54, 1.807) is 36.4 Å². The SMILES string of the molecule is NC(=O)c1ccccc1NC(=O)C1C(c2cc(Cl)cc(Cl)c2)C1(Cl)Cl. The van der Waals surface area contributed by atoms with E-state index in [9.17, 15) is 9.59 Å². The number of hydrogen-bond donors (Lipinski definition) is 2. The van der Waals surface area contributed by atoms with Gasteiger partial charge >= 0.3 is 0 Å². The number of nitrogens with one attached hydrogen (secondary N) is 1. The molecule has 2 atom stereocenters. The van der Waals surface area contributed by atoms with E-state index < -0.39 is 28.0 Å². The summed E-state index contributed by atoms with van der Waals surface area (Å²) in [4.78, 5) is 24.1. The van der Waals surface area contributed by atoms with Gasteiger partial charge in [0.05, 0.1) is 17.2 Å². The van der Waals surface area contributed by atoms with Gasteiger partial charge < -0.3 is 11.1 Å². The van der Waals surface area contributed by atoms with Crippen LogP contribution in [0.3, 0.4) is 0 Å². The van der Waals surface area contributed by atoms with E-state index in [4.69, 9.17) is 52.1 Å². The van der Waals surface area contributed by atoms with Gasteiger partial charge in [-0.3, -0.25) is 9.59 Å². The number of halogens is 4. The summed E-state index contributed by atoms with van der Waals surface area (Å²) in [6.45, 7) is 0. The van der Waals surface area contributed by atoms with Gasteiger partial charge in [-0.15, -0.1) is 23.2 Å². The molecule has 0 saturated heterocycles. The summed E-state index contributed by atoms with van der Waals surface area (Å²) < 4.78 is -1.29. The summed E-state index contributed by atoms with van der Waals surface area (Å²) in [6, 6.07) is 11.3. The van der Waals surface area contributed by atoms with Crippen molar-refractivity contribution in [3.05, 3.63) is 63.6 Å². The average molecular weight is 418 g/mol. The maximum Gasteiger partial charge on any atom is 0.250 e. The van der Waals surface area contributed by atoms with Crippen LogP contribution in [0.15, 0.2) is 42.5 Å². The molecule has 2 amide bonds. The number of primary amides is 1. The zero-order valence-electron chi connectivity index (χ0n) is 12.6. The molecule has 0 radical (unpaired) electrons. The van der Waals surface area contributed by atoms with E-state index in [1.807, 2.05) is 0 Å². The summed E-state index contributed by atoms with van der Waals surface area (Å²) in [5.74, 6) is -2.24. The van der Waals surface area contributed by atoms with Crippen LogP contribution in [0.4, 0.5) is 5.69 Å². The van der Waals surface area contributed by atoms with Gasteiger partial charge in [-0.2, -0.15) is 0 Å². The third-order valence-corrected chi connectivity index (χ3v) is 5.41. The van der Waals surface area contributed by atoms with Crippen molar-refractivity contribution < 1.29 is 9.59 Å². The third-order valence-electron chi connectivity index (χ3n) is 4.03. The van der Waals surface area contributed by atoms with Crippen LogP contribution in [0, 0.1) is 5.92 Å². The molecule has 8 heteroatoms. The molecule has 3 rings (SSSR count). The predicted molar refractivity (Wildman–Crippen MR) is 101 cm³/mol. The van der Waals surface area contributed by atoms with E-state index in [2.05, 4.69) is 5.32 Å². The molecule has 0 spiro atoms. The highest BCUT2D eigenvalue weighted by molar-refractivity contribution is 6.53. The fourth-order valence-corrected chi connectivity index (χ4v) is 4.21. The lowest BCUT2D eigenvalue weighted by Gasteiger charge is -2.08. The van der Waals surface area contributed by atoms with Crippen LogP contribution in [0.1, 0.15) is 21.8 Å². The number of rotatable bonds is 4. The summed E-state index contributed by atoms with van der Waals surface area (Å²) in [5.41, 5.74) is 6.49. The highest BCUT2D eigenvalue weighted by Gasteiger charge is 2.67. The van der Waals surface area contributed by atoms with E-state index >= 15 is 0 Å². The molecule has 2 aromatic carbocycles. The Morgan fingerprint density at radius 3 is 2.24 bits per heavy atom. The molecule has 3 N–H and O–H groups in total. The van der Waals surface area contributed by atoms with Crippen LogP contribution < -0.4 is 11.1 Å². The largest absolute Gasteiger partial charge is 0.366 e. The lowest BCUT2D eigenvalue weighted by molar-refractivity contribution is -0.117. The van der Waals surface area contributed by atoms with E-state index in [1.165, 1.54) is 6.07 Å². The van der Waals surface area contributed by atoms with Gasteiger partial charge in [-0.25, -0.2) is 0 Å². The Hall–Kier alpha value is -1.46. The topological polar surface area (TPSA) is 72.2 Å². The minimum atomic E-state index is -1.29. The molecule has 4 nitrogen and oxygen atoms in total. The highest BCUT2D eigenvalue weighted by Crippen LogP contribution is 2.65. The van der Waals surface area contributed by atoms with Crippen LogP contribution in [0.2, 0.25) is 10.0 Å². The number of amides is 2. The number of carbonyl (C=O) groups is 2. The number of benzene rings is 2. The molecule has 0 bridgehead atoms. The molecule has 1 aliphatic carbocycles. The fourth-order valence-electron chi connectivity index (χ4n) is 2.84. The Bertz CT molecular complexity index is 849. The first-order chi connectivity index (χ1) is 11.7. The maximum absolute atomic E-state index is 12.6. The monoisotopic (exact) mass is 416 g/mol. The quantitative estimate of drug-likeness (QED) is 0.712. The van der Waals surface area contributed by atoms with Gasteiger partial charge in [-0.1, -0.05) is 35.3 Å². The normalized spacial score (nSPS) is 20.8. The average Bonchev–Trinajstić information content (AvgIpc) is 3.09. The minimum Gasteiger partial charge on any atom is -0.366 e. The van der Waals surface area contributed by atoms with Crippen molar-refractivity contribution in [1.29, 1.82) is 0 Å². The van der Waals surface area contributed by atoms with Crippen molar-refractivity contribution in [3.63, 3.8) is 0 Å². The van der Waals surface area contributed by atoms with Gasteiger partial charge in [0.2, 0.25) is 5.91 Å². The van der Waals surface area contributed by atoms with Crippen molar-refractivity contribution in [2.45, 2.75) is 10.3 Å². The first-order valence-corrected chi connectivity index (χ1v) is 8.76. The zero-order valence-corrected chi connectivity index (χ0v) is 15.6. The van der Waals surface area contributed by atoms with Crippen LogP contribution in [0.25, 0.3) is 0 Å². The Morgan fingerprint density at radius 2 is 1.64 bits per heavy atom. The molecular weight excluding hydrogens is 406 g/mol. The summed E-state index contributed by atoms with van der Waals surface area (Å²) in [7, 11) is 0. The third kappa shape index (κ3) is 3.58. The van der Waals surface area contributed by atoms with Crippen LogP contribution >= 0.6 is 46.4 Å². The Labute approximate surface area is 164 Å². The zero-order chi connectivity index (χ0) is 18.4. The van der Waals surface area contributed by atoms with E-state index in [-0.39, 0.29) is 5.56 Å². The maximum atomic E-state index is 12.6. The molecule has 2 aromatic rings. The summed E-state index contributed by atoms with van der Waals surface area (Å²) in [6.07, 6.45) is 0. The second-order valence-corrected chi connectivity index (χ2v) is 8.05. The van der Waals surface area contributed by atoms with Crippen molar-refractivity contribution >= 4 is 63.9 Å². The Balaban J connectivity index is 1.85. The molecule has 1 saturated carbocycles. The van der Waals surface area contributed by atoms with Crippen molar-refractivity contribution in [2.75, 3.05) is 5.32 Å². The standard InChI is InChI=1S/C17H12Cl4N2O2/c18-9-5-8(6-10(19)7-9)13-14(17(13,20)21)16(25)23-12-4-2-1-3-11(12)15(22)24/h1-7,13-14H,(H2,22,24)(H,23,25). The molecule has 25 heavy (non-hydrogen) atoms. The fraction of sp³-hybridized carbons (Fsp3) is 0.176. The van der Waals surface area contributed by atoms with E-state index in [0.717, 1.165) is 0 Å². The van der Waals surface area contributed by atoms with Crippen molar-refractivity contribution in [1.82, 2.24) is 0 Å². The molecule has 0 aromatic heterocycles. The minimum absolute atomic E-state index is 0.202. The summed E-state index contributed by atoms with van der Waals surface area (Å²) in [5, 5.41) is 3.52. The molecular formula is C17H12Cl4N2O2. The first kappa shape index (κ1) is 18.3. The lowest BCUT2D eigenvalue weighted by Crippen LogP contribution is -2.21. The van der Waals surface area contributed by atoms with Gasteiger partial charge in [0.15, 0.2) is 0 Å². The summed E-state index contributed by atoms with van der Waals surface area (Å²) >= 11 is 24.6. The van der Waals surface area contributed by atoms with Gasteiger partial charge in [0.25, 0.3) is 5.91 Å². The first-order valence-electron chi connectivity index (χ1n) is 7.25. The number of carbonyl (C=O) groups excluding carboxylic acids is 2. The van der Waals surface area contributed by atoms with Crippen molar-refractivity contribution in [3.8, 4) is 0 Å². The second kappa shape index (κ2) is 6.69. The molecule has 130 valence electrons. The van der Waals surface area contributed by atoms with Gasteiger partial charge in [-0.05, 0) is 35.9 Å². The molecule has 1 aliphatic rings. The second-order valence-electron chi connectivity index (χ2n) is 5.73. The van der Waals surface area contributed by atoms with E-state index in [0.29, 0.717) is 21.3 Å². The molecule has 1 fully saturated rings. The Morgan fingerprint density at radius 1 is 1.04 bits per heavy atom. The van der Waals surface area contributed by atoms with Crippen LogP contribution in [-0.2, 0) is 4.79 Å². The number of para-hydroxylation sites is 1. The Kier molecular flexibility index (Phi) is 4.91. The van der Waals surface area contributed by atoms with Gasteiger partial charge in [0.1, 0.15) is 4.33 Å². The number of alkyl halides is 2. The highest BCUT2D eigenvalue weighted by atomic mass is 35.5. The van der Waals surface area contributed by atoms with Crippen molar-refractivity contribution in [2.24, 2.45) is 11.7 Å².